The Morgan fingerprint density at radius 3 is 2.33 bits per heavy atom. The normalized spacial score (nSPS) is 41.4. The van der Waals surface area contributed by atoms with Crippen LogP contribution in [0.4, 0.5) is 0 Å². The van der Waals surface area contributed by atoms with Crippen molar-refractivity contribution in [3.63, 3.8) is 0 Å². The summed E-state index contributed by atoms with van der Waals surface area (Å²) in [6, 6.07) is 8.55. The Kier molecular flexibility index (Phi) is 6.02. The van der Waals surface area contributed by atoms with E-state index in [-0.39, 0.29) is 28.2 Å². The van der Waals surface area contributed by atoms with E-state index in [4.69, 9.17) is 11.6 Å². The number of rotatable bonds is 3. The number of hydrogen-bond donors (Lipinski definition) is 1. The molecule has 0 bridgehead atoms. The molecule has 0 spiro atoms. The maximum atomic E-state index is 14.1. The lowest BCUT2D eigenvalue weighted by Gasteiger charge is -2.61. The van der Waals surface area contributed by atoms with E-state index in [1.165, 1.54) is 24.8 Å². The van der Waals surface area contributed by atoms with Gasteiger partial charge in [-0.2, -0.15) is 0 Å². The van der Waals surface area contributed by atoms with Crippen LogP contribution in [0.15, 0.2) is 24.3 Å². The van der Waals surface area contributed by atoms with Crippen molar-refractivity contribution in [1.29, 1.82) is 0 Å². The number of carbonyl (C=O) groups excluding carboxylic acids is 2. The molecule has 1 aliphatic heterocycles. The Balaban J connectivity index is 1.22. The maximum absolute atomic E-state index is 14.1. The van der Waals surface area contributed by atoms with E-state index < -0.39 is 0 Å². The van der Waals surface area contributed by atoms with Crippen molar-refractivity contribution in [1.82, 2.24) is 10.2 Å². The first-order chi connectivity index (χ1) is 17.2. The Morgan fingerprint density at radius 2 is 1.61 bits per heavy atom. The van der Waals surface area contributed by atoms with E-state index in [9.17, 15) is 9.59 Å². The lowest BCUT2D eigenvalue weighted by atomic mass is 9.47. The number of amides is 2. The fourth-order valence-electron chi connectivity index (χ4n) is 10.1. The molecule has 1 aromatic rings. The van der Waals surface area contributed by atoms with Gasteiger partial charge in [-0.25, -0.2) is 0 Å². The maximum Gasteiger partial charge on any atom is 0.224 e. The number of nitrogens with zero attached hydrogens (tertiary/aromatic N) is 1. The van der Waals surface area contributed by atoms with Crippen molar-refractivity contribution in [3.8, 4) is 0 Å². The van der Waals surface area contributed by atoms with Gasteiger partial charge in [0.2, 0.25) is 11.8 Å². The quantitative estimate of drug-likeness (QED) is 0.491. The van der Waals surface area contributed by atoms with E-state index in [2.05, 4.69) is 36.2 Å². The number of benzene rings is 1. The first-order valence-electron chi connectivity index (χ1n) is 14.5. The second-order valence-corrected chi connectivity index (χ2v) is 13.9. The minimum absolute atomic E-state index is 0.0879. The summed E-state index contributed by atoms with van der Waals surface area (Å²) in [5.74, 6) is 2.73. The molecule has 1 aromatic carbocycles. The van der Waals surface area contributed by atoms with Crippen molar-refractivity contribution in [2.45, 2.75) is 102 Å². The summed E-state index contributed by atoms with van der Waals surface area (Å²) >= 11 is 6.18. The number of nitrogens with one attached hydrogen (secondary N) is 1. The van der Waals surface area contributed by atoms with Gasteiger partial charge in [-0.15, -0.1) is 0 Å². The van der Waals surface area contributed by atoms with Crippen LogP contribution in [0.5, 0.6) is 0 Å². The molecule has 196 valence electrons. The zero-order valence-electron chi connectivity index (χ0n) is 22.3. The summed E-state index contributed by atoms with van der Waals surface area (Å²) in [4.78, 5) is 28.6. The predicted molar refractivity (Wildman–Crippen MR) is 143 cm³/mol. The molecule has 6 rings (SSSR count). The highest BCUT2D eigenvalue weighted by atomic mass is 35.5. The van der Waals surface area contributed by atoms with Crippen LogP contribution in [0.1, 0.15) is 96.5 Å². The topological polar surface area (TPSA) is 49.4 Å². The molecule has 4 unspecified atom stereocenters. The van der Waals surface area contributed by atoms with Gasteiger partial charge in [-0.1, -0.05) is 50.4 Å². The SMILES string of the molecule is CN1C(=O)CC[C@]2(C)C3CC[C@@]4(C)C(CC[C@@H]4C(=O)NC4(c5ccc(Cl)cc5)CCCC4)C3CCC12. The summed E-state index contributed by atoms with van der Waals surface area (Å²) in [6.45, 7) is 4.93. The largest absolute Gasteiger partial charge is 0.346 e. The van der Waals surface area contributed by atoms with Gasteiger partial charge in [-0.05, 0) is 104 Å². The summed E-state index contributed by atoms with van der Waals surface area (Å²) in [5.41, 5.74) is 1.29. The van der Waals surface area contributed by atoms with Crippen molar-refractivity contribution < 1.29 is 9.59 Å². The average Bonchev–Trinajstić information content (AvgIpc) is 3.47. The number of carbonyl (C=O) groups is 2. The van der Waals surface area contributed by atoms with Gasteiger partial charge in [0.05, 0.1) is 5.54 Å². The van der Waals surface area contributed by atoms with Crippen molar-refractivity contribution in [2.75, 3.05) is 7.05 Å². The highest BCUT2D eigenvalue weighted by Gasteiger charge is 2.62. The molecule has 7 atom stereocenters. The highest BCUT2D eigenvalue weighted by molar-refractivity contribution is 6.30. The van der Waals surface area contributed by atoms with Crippen LogP contribution in [-0.2, 0) is 15.1 Å². The molecule has 0 aromatic heterocycles. The molecular weight excluding hydrogens is 468 g/mol. The summed E-state index contributed by atoms with van der Waals surface area (Å²) in [6.07, 6.45) is 13.0. The molecule has 36 heavy (non-hydrogen) atoms. The molecule has 1 N–H and O–H groups in total. The van der Waals surface area contributed by atoms with E-state index in [1.54, 1.807) is 0 Å². The molecule has 4 saturated carbocycles. The molecule has 2 amide bonds. The van der Waals surface area contributed by atoms with Gasteiger partial charge < -0.3 is 10.2 Å². The Morgan fingerprint density at radius 1 is 0.917 bits per heavy atom. The van der Waals surface area contributed by atoms with E-state index in [0.29, 0.717) is 36.1 Å². The van der Waals surface area contributed by atoms with Crippen LogP contribution in [0.25, 0.3) is 0 Å². The van der Waals surface area contributed by atoms with Crippen molar-refractivity contribution in [2.24, 2.45) is 34.5 Å². The van der Waals surface area contributed by atoms with Crippen LogP contribution in [0.3, 0.4) is 0 Å². The number of hydrogen-bond acceptors (Lipinski definition) is 2. The monoisotopic (exact) mass is 510 g/mol. The van der Waals surface area contributed by atoms with Gasteiger partial charge in [0.25, 0.3) is 0 Å². The second kappa shape index (κ2) is 8.75. The standard InChI is InChI=1S/C31H43ClN2O2/c1-29-18-14-24-22(10-13-26-30(24,2)19-15-27(35)34(26)3)23(29)11-12-25(29)28(36)33-31(16-4-5-17-31)20-6-8-21(32)9-7-20/h6-9,22-26H,4-5,10-19H2,1-3H3,(H,33,36)/t22?,23?,24?,25-,26?,29+,30-/m1/s1. The lowest BCUT2D eigenvalue weighted by Crippen LogP contribution is -2.61. The van der Waals surface area contributed by atoms with Crippen molar-refractivity contribution in [3.05, 3.63) is 34.9 Å². The summed E-state index contributed by atoms with van der Waals surface area (Å²) < 4.78 is 0. The minimum Gasteiger partial charge on any atom is -0.346 e. The van der Waals surface area contributed by atoms with Crippen molar-refractivity contribution >= 4 is 23.4 Å². The molecule has 4 nitrogen and oxygen atoms in total. The number of piperidine rings is 1. The smallest absolute Gasteiger partial charge is 0.224 e. The third-order valence-corrected chi connectivity index (χ3v) is 12.3. The third-order valence-electron chi connectivity index (χ3n) is 12.1. The first-order valence-corrected chi connectivity index (χ1v) is 14.9. The fraction of sp³-hybridized carbons (Fsp3) is 0.742. The molecular formula is C31H43ClN2O2. The molecule has 5 fully saturated rings. The van der Waals surface area contributed by atoms with Gasteiger partial charge in [0, 0.05) is 30.5 Å². The minimum atomic E-state index is -0.238. The van der Waals surface area contributed by atoms with Crippen LogP contribution in [0, 0.1) is 34.5 Å². The van der Waals surface area contributed by atoms with Gasteiger partial charge >= 0.3 is 0 Å². The molecule has 4 aliphatic carbocycles. The van der Waals surface area contributed by atoms with E-state index in [1.807, 2.05) is 19.2 Å². The Bertz CT molecular complexity index is 1030. The Labute approximate surface area is 221 Å². The van der Waals surface area contributed by atoms with Gasteiger partial charge in [-0.3, -0.25) is 9.59 Å². The van der Waals surface area contributed by atoms with Gasteiger partial charge in [0.1, 0.15) is 0 Å². The number of fused-ring (bicyclic) bond motifs is 5. The number of halogens is 1. The van der Waals surface area contributed by atoms with E-state index >= 15 is 0 Å². The van der Waals surface area contributed by atoms with Crippen LogP contribution < -0.4 is 5.32 Å². The first kappa shape index (κ1) is 24.8. The third kappa shape index (κ3) is 3.60. The predicted octanol–water partition coefficient (Wildman–Crippen LogP) is 6.71. The average molecular weight is 511 g/mol. The molecule has 5 aliphatic rings. The highest BCUT2D eigenvalue weighted by Crippen LogP contribution is 2.66. The second-order valence-electron chi connectivity index (χ2n) is 13.4. The zero-order valence-corrected chi connectivity index (χ0v) is 23.1. The molecule has 5 heteroatoms. The fourth-order valence-corrected chi connectivity index (χ4v) is 10.3. The van der Waals surface area contributed by atoms with Crippen LogP contribution in [0.2, 0.25) is 5.02 Å². The summed E-state index contributed by atoms with van der Waals surface area (Å²) in [5, 5.41) is 4.39. The zero-order chi connectivity index (χ0) is 25.3. The summed E-state index contributed by atoms with van der Waals surface area (Å²) in [7, 11) is 2.03. The molecule has 1 heterocycles. The Hall–Kier alpha value is -1.55. The number of likely N-dealkylation sites (tertiary alicyclic amines) is 1. The van der Waals surface area contributed by atoms with Gasteiger partial charge in [0.15, 0.2) is 0 Å². The molecule has 0 radical (unpaired) electrons. The van der Waals surface area contributed by atoms with E-state index in [0.717, 1.165) is 56.4 Å². The van der Waals surface area contributed by atoms with Crippen LogP contribution >= 0.6 is 11.6 Å². The van der Waals surface area contributed by atoms with Crippen LogP contribution in [-0.4, -0.2) is 29.8 Å². The molecule has 1 saturated heterocycles. The lowest BCUT2D eigenvalue weighted by molar-refractivity contribution is -0.160.